The molecule has 0 aliphatic carbocycles. The summed E-state index contributed by atoms with van der Waals surface area (Å²) in [6, 6.07) is 0. The van der Waals surface area contributed by atoms with Crippen molar-refractivity contribution in [2.75, 3.05) is 20.1 Å². The third-order valence-electron chi connectivity index (χ3n) is 3.20. The van der Waals surface area contributed by atoms with Gasteiger partial charge >= 0.3 is 0 Å². The monoisotopic (exact) mass is 316 g/mol. The molecule has 0 saturated heterocycles. The minimum Gasteiger partial charge on any atom is -0.355 e. The quantitative estimate of drug-likeness (QED) is 0.698. The molecule has 0 unspecified atom stereocenters. The van der Waals surface area contributed by atoms with Gasteiger partial charge in [-0.15, -0.1) is 0 Å². The normalized spacial score (nSPS) is 11.9. The standard InChI is InChI=1S/C13H24N4O3S/c1-5-6-7-8-14-12(18)9-17(4)21(19,20)13-10(2)15-16-11(13)3/h5-9H2,1-4H3,(H,14,18)(H,15,16). The molecule has 0 aromatic carbocycles. The van der Waals surface area contributed by atoms with Crippen LogP contribution in [0.4, 0.5) is 0 Å². The average molecular weight is 316 g/mol. The molecule has 7 nitrogen and oxygen atoms in total. The zero-order valence-corrected chi connectivity index (χ0v) is 13.9. The van der Waals surface area contributed by atoms with E-state index in [2.05, 4.69) is 22.4 Å². The van der Waals surface area contributed by atoms with Gasteiger partial charge in [-0.3, -0.25) is 9.89 Å². The molecule has 1 aromatic heterocycles. The number of carbonyl (C=O) groups excluding carboxylic acids is 1. The summed E-state index contributed by atoms with van der Waals surface area (Å²) in [6.07, 6.45) is 3.02. The second kappa shape index (κ2) is 7.56. The number of amides is 1. The van der Waals surface area contributed by atoms with Gasteiger partial charge in [0.25, 0.3) is 0 Å². The maximum Gasteiger partial charge on any atom is 0.246 e. The Kier molecular flexibility index (Phi) is 6.35. The molecule has 2 N–H and O–H groups in total. The summed E-state index contributed by atoms with van der Waals surface area (Å²) in [6.45, 7) is 5.72. The summed E-state index contributed by atoms with van der Waals surface area (Å²) in [4.78, 5) is 11.9. The van der Waals surface area contributed by atoms with Crippen LogP contribution in [0.25, 0.3) is 0 Å². The minimum absolute atomic E-state index is 0.142. The van der Waals surface area contributed by atoms with Crippen molar-refractivity contribution in [1.82, 2.24) is 19.8 Å². The second-order valence-electron chi connectivity index (χ2n) is 5.08. The topological polar surface area (TPSA) is 95.2 Å². The van der Waals surface area contributed by atoms with Crippen LogP contribution in [0.15, 0.2) is 4.90 Å². The van der Waals surface area contributed by atoms with Gasteiger partial charge in [0, 0.05) is 13.6 Å². The van der Waals surface area contributed by atoms with Gasteiger partial charge in [-0.1, -0.05) is 19.8 Å². The van der Waals surface area contributed by atoms with Gasteiger partial charge in [0.05, 0.1) is 17.9 Å². The first-order valence-corrected chi connectivity index (χ1v) is 8.49. The summed E-state index contributed by atoms with van der Waals surface area (Å²) in [5.74, 6) is -0.295. The molecular weight excluding hydrogens is 292 g/mol. The number of hydrogen-bond donors (Lipinski definition) is 2. The lowest BCUT2D eigenvalue weighted by Crippen LogP contribution is -2.38. The lowest BCUT2D eigenvalue weighted by atomic mass is 10.2. The number of aromatic nitrogens is 2. The first kappa shape index (κ1) is 17.6. The molecule has 120 valence electrons. The van der Waals surface area contributed by atoms with Crippen molar-refractivity contribution >= 4 is 15.9 Å². The Labute approximate surface area is 126 Å². The fourth-order valence-electron chi connectivity index (χ4n) is 2.02. The molecule has 0 fully saturated rings. The number of unbranched alkanes of at least 4 members (excludes halogenated alkanes) is 2. The molecule has 1 amide bonds. The van der Waals surface area contributed by atoms with E-state index in [4.69, 9.17) is 0 Å². The highest BCUT2D eigenvalue weighted by Crippen LogP contribution is 2.20. The number of carbonyl (C=O) groups is 1. The van der Waals surface area contributed by atoms with E-state index in [0.717, 1.165) is 23.6 Å². The first-order valence-electron chi connectivity index (χ1n) is 7.05. The van der Waals surface area contributed by atoms with Crippen LogP contribution in [-0.2, 0) is 14.8 Å². The Morgan fingerprint density at radius 2 is 2.00 bits per heavy atom. The largest absolute Gasteiger partial charge is 0.355 e. The molecule has 8 heteroatoms. The van der Waals surface area contributed by atoms with Crippen molar-refractivity contribution in [2.45, 2.75) is 44.9 Å². The fraction of sp³-hybridized carbons (Fsp3) is 0.692. The van der Waals surface area contributed by atoms with Crippen LogP contribution in [0.1, 0.15) is 37.6 Å². The van der Waals surface area contributed by atoms with Crippen LogP contribution in [0, 0.1) is 13.8 Å². The van der Waals surface area contributed by atoms with Gasteiger partial charge < -0.3 is 5.32 Å². The Balaban J connectivity index is 2.66. The molecule has 0 bridgehead atoms. The van der Waals surface area contributed by atoms with E-state index in [1.165, 1.54) is 7.05 Å². The van der Waals surface area contributed by atoms with Gasteiger partial charge in [-0.2, -0.15) is 9.40 Å². The number of H-pyrrole nitrogens is 1. The highest BCUT2D eigenvalue weighted by Gasteiger charge is 2.28. The van der Waals surface area contributed by atoms with Crippen molar-refractivity contribution in [3.63, 3.8) is 0 Å². The van der Waals surface area contributed by atoms with Crippen molar-refractivity contribution in [3.05, 3.63) is 11.4 Å². The van der Waals surface area contributed by atoms with Crippen molar-refractivity contribution < 1.29 is 13.2 Å². The van der Waals surface area contributed by atoms with Crippen molar-refractivity contribution in [2.24, 2.45) is 0 Å². The van der Waals surface area contributed by atoms with Gasteiger partial charge in [0.1, 0.15) is 4.90 Å². The van der Waals surface area contributed by atoms with Gasteiger partial charge in [0.2, 0.25) is 15.9 Å². The van der Waals surface area contributed by atoms with Crippen LogP contribution < -0.4 is 5.32 Å². The number of likely N-dealkylation sites (N-methyl/N-ethyl adjacent to an activating group) is 1. The van der Waals surface area contributed by atoms with Crippen LogP contribution in [0.3, 0.4) is 0 Å². The van der Waals surface area contributed by atoms with Crippen LogP contribution in [0.5, 0.6) is 0 Å². The zero-order chi connectivity index (χ0) is 16.0. The Hall–Kier alpha value is -1.41. The molecule has 0 spiro atoms. The van der Waals surface area contributed by atoms with Crippen LogP contribution >= 0.6 is 0 Å². The predicted molar refractivity (Wildman–Crippen MR) is 80.4 cm³/mol. The number of aryl methyl sites for hydroxylation is 2. The van der Waals surface area contributed by atoms with Gasteiger partial charge in [-0.25, -0.2) is 8.42 Å². The molecule has 1 aromatic rings. The molecule has 0 radical (unpaired) electrons. The molecule has 0 aliphatic rings. The molecule has 1 rings (SSSR count). The summed E-state index contributed by atoms with van der Waals surface area (Å²) in [5.41, 5.74) is 0.880. The summed E-state index contributed by atoms with van der Waals surface area (Å²) >= 11 is 0. The Morgan fingerprint density at radius 3 is 2.52 bits per heavy atom. The first-order chi connectivity index (χ1) is 9.80. The lowest BCUT2D eigenvalue weighted by Gasteiger charge is -2.17. The number of nitrogens with one attached hydrogen (secondary N) is 2. The van der Waals surface area contributed by atoms with Gasteiger partial charge in [0.15, 0.2) is 0 Å². The number of aromatic amines is 1. The highest BCUT2D eigenvalue weighted by molar-refractivity contribution is 7.89. The molecule has 0 saturated carbocycles. The maximum absolute atomic E-state index is 12.4. The smallest absolute Gasteiger partial charge is 0.246 e. The third kappa shape index (κ3) is 4.53. The molecule has 21 heavy (non-hydrogen) atoms. The van der Waals surface area contributed by atoms with E-state index < -0.39 is 10.0 Å². The summed E-state index contributed by atoms with van der Waals surface area (Å²) < 4.78 is 25.9. The minimum atomic E-state index is -3.71. The summed E-state index contributed by atoms with van der Waals surface area (Å²) in [5, 5.41) is 9.25. The highest BCUT2D eigenvalue weighted by atomic mass is 32.2. The van der Waals surface area contributed by atoms with E-state index in [0.29, 0.717) is 17.9 Å². The number of rotatable bonds is 8. The average Bonchev–Trinajstić information content (AvgIpc) is 2.74. The Bertz CT molecular complexity index is 561. The maximum atomic E-state index is 12.4. The predicted octanol–water partition coefficient (Wildman–Crippen LogP) is 0.953. The fourth-order valence-corrected chi connectivity index (χ4v) is 3.47. The number of nitrogens with zero attached hydrogens (tertiary/aromatic N) is 2. The van der Waals surface area contributed by atoms with Crippen molar-refractivity contribution in [1.29, 1.82) is 0 Å². The SMILES string of the molecule is CCCCCNC(=O)CN(C)S(=O)(=O)c1c(C)n[nH]c1C. The third-order valence-corrected chi connectivity index (χ3v) is 5.26. The van der Waals surface area contributed by atoms with E-state index in [1.54, 1.807) is 13.8 Å². The molecule has 1 heterocycles. The van der Waals surface area contributed by atoms with Gasteiger partial charge in [-0.05, 0) is 20.3 Å². The van der Waals surface area contributed by atoms with Crippen LogP contribution in [0.2, 0.25) is 0 Å². The van der Waals surface area contributed by atoms with E-state index in [-0.39, 0.29) is 17.3 Å². The summed E-state index contributed by atoms with van der Waals surface area (Å²) in [7, 11) is -2.31. The van der Waals surface area contributed by atoms with E-state index in [9.17, 15) is 13.2 Å². The van der Waals surface area contributed by atoms with E-state index in [1.807, 2.05) is 0 Å². The Morgan fingerprint density at radius 1 is 1.33 bits per heavy atom. The van der Waals surface area contributed by atoms with E-state index >= 15 is 0 Å². The second-order valence-corrected chi connectivity index (χ2v) is 7.06. The number of hydrogen-bond acceptors (Lipinski definition) is 4. The molecule has 0 aliphatic heterocycles. The molecule has 0 atom stereocenters. The number of sulfonamides is 1. The zero-order valence-electron chi connectivity index (χ0n) is 13.1. The van der Waals surface area contributed by atoms with Crippen LogP contribution in [-0.4, -0.2) is 49.0 Å². The molecular formula is C13H24N4O3S. The lowest BCUT2D eigenvalue weighted by molar-refractivity contribution is -0.121. The van der Waals surface area contributed by atoms with Crippen molar-refractivity contribution in [3.8, 4) is 0 Å².